The lowest BCUT2D eigenvalue weighted by Gasteiger charge is -2.14. The van der Waals surface area contributed by atoms with Crippen LogP contribution in [0.3, 0.4) is 0 Å². The highest BCUT2D eigenvalue weighted by Crippen LogP contribution is 2.36. The average Bonchev–Trinajstić information content (AvgIpc) is 2.57. The van der Waals surface area contributed by atoms with E-state index in [2.05, 4.69) is 10.0 Å². The Morgan fingerprint density at radius 2 is 2.00 bits per heavy atom. The lowest BCUT2D eigenvalue weighted by atomic mass is 10.1. The van der Waals surface area contributed by atoms with E-state index in [1.54, 1.807) is 0 Å². The van der Waals surface area contributed by atoms with E-state index in [-0.39, 0.29) is 27.6 Å². The van der Waals surface area contributed by atoms with Gasteiger partial charge in [0.15, 0.2) is 0 Å². The van der Waals surface area contributed by atoms with Crippen molar-refractivity contribution in [2.24, 2.45) is 5.11 Å². The van der Waals surface area contributed by atoms with Crippen molar-refractivity contribution in [2.45, 2.75) is 13.1 Å². The molecule has 2 aromatic carbocycles. The first-order chi connectivity index (χ1) is 12.6. The van der Waals surface area contributed by atoms with Gasteiger partial charge in [-0.25, -0.2) is 4.79 Å². The molecule has 0 aromatic heterocycles. The van der Waals surface area contributed by atoms with E-state index in [1.807, 2.05) is 0 Å². The van der Waals surface area contributed by atoms with Gasteiger partial charge in [0.25, 0.3) is 0 Å². The summed E-state index contributed by atoms with van der Waals surface area (Å²) in [7, 11) is 0. The molecule has 2 rings (SSSR count). The van der Waals surface area contributed by atoms with Gasteiger partial charge in [0.2, 0.25) is 0 Å². The third-order valence-corrected chi connectivity index (χ3v) is 3.62. The average molecular weight is 398 g/mol. The lowest BCUT2D eigenvalue weighted by molar-refractivity contribution is -0.138. The Labute approximate surface area is 156 Å². The van der Waals surface area contributed by atoms with Crippen molar-refractivity contribution in [3.05, 3.63) is 74.3 Å². The molecule has 0 saturated carbocycles. The van der Waals surface area contributed by atoms with Crippen LogP contribution in [0.15, 0.2) is 47.2 Å². The van der Waals surface area contributed by atoms with Crippen LogP contribution < -0.4 is 4.74 Å². The Balaban J connectivity index is 2.51. The van der Waals surface area contributed by atoms with E-state index >= 15 is 0 Å². The highest BCUT2D eigenvalue weighted by atomic mass is 35.5. The molecule has 10 heteroatoms. The van der Waals surface area contributed by atoms with Crippen LogP contribution in [0.1, 0.15) is 16.7 Å². The molecular weight excluding hydrogens is 387 g/mol. The van der Waals surface area contributed by atoms with E-state index < -0.39 is 23.4 Å². The number of benzene rings is 2. The summed E-state index contributed by atoms with van der Waals surface area (Å²) in [6, 6.07) is 7.52. The maximum atomic E-state index is 13.1. The number of hydrogen-bond donors (Lipinski definition) is 1. The Morgan fingerprint density at radius 1 is 1.30 bits per heavy atom. The number of nitrogens with zero attached hydrogens (tertiary/aromatic N) is 3. The fourth-order valence-electron chi connectivity index (χ4n) is 2.14. The van der Waals surface area contributed by atoms with Gasteiger partial charge in [-0.1, -0.05) is 22.8 Å². The van der Waals surface area contributed by atoms with Crippen LogP contribution in [-0.4, -0.2) is 11.1 Å². The lowest BCUT2D eigenvalue weighted by Crippen LogP contribution is -2.07. The first-order valence-corrected chi connectivity index (χ1v) is 7.65. The number of aliphatic carboxylic acids is 1. The quantitative estimate of drug-likeness (QED) is 0.282. The normalized spacial score (nSPS) is 11.7. The molecule has 0 heterocycles. The van der Waals surface area contributed by atoms with E-state index in [0.29, 0.717) is 0 Å². The van der Waals surface area contributed by atoms with Crippen molar-refractivity contribution >= 4 is 23.6 Å². The van der Waals surface area contributed by atoms with Crippen molar-refractivity contribution in [1.82, 2.24) is 0 Å². The third-order valence-electron chi connectivity index (χ3n) is 3.38. The molecule has 140 valence electrons. The second kappa shape index (κ2) is 8.03. The molecule has 0 aliphatic carbocycles. The van der Waals surface area contributed by atoms with Crippen molar-refractivity contribution in [2.75, 3.05) is 0 Å². The Hall–Kier alpha value is -3.16. The number of carboxylic acids is 1. The van der Waals surface area contributed by atoms with Crippen LogP contribution in [0.5, 0.6) is 11.5 Å². The Kier molecular flexibility index (Phi) is 5.99. The largest absolute Gasteiger partial charge is 0.478 e. The number of hydrogen-bond acceptors (Lipinski definition) is 3. The monoisotopic (exact) mass is 397 g/mol. The van der Waals surface area contributed by atoms with Gasteiger partial charge in [-0.2, -0.15) is 13.2 Å². The van der Waals surface area contributed by atoms with Gasteiger partial charge in [-0.05, 0) is 48.4 Å². The zero-order valence-electron chi connectivity index (χ0n) is 13.7. The first kappa shape index (κ1) is 20.2. The van der Waals surface area contributed by atoms with Crippen molar-refractivity contribution in [3.63, 3.8) is 0 Å². The predicted octanol–water partition coefficient (Wildman–Crippen LogP) is 6.20. The van der Waals surface area contributed by atoms with Crippen LogP contribution >= 0.6 is 11.6 Å². The van der Waals surface area contributed by atoms with Crippen molar-refractivity contribution in [3.8, 4) is 11.5 Å². The summed E-state index contributed by atoms with van der Waals surface area (Å²) >= 11 is 5.89. The number of azide groups is 1. The second-order valence-corrected chi connectivity index (χ2v) is 5.72. The van der Waals surface area contributed by atoms with Gasteiger partial charge in [0, 0.05) is 21.6 Å². The first-order valence-electron chi connectivity index (χ1n) is 7.27. The molecule has 0 aliphatic rings. The number of carboxylic acid groups (broad SMARTS) is 1. The molecule has 0 amide bonds. The van der Waals surface area contributed by atoms with Gasteiger partial charge < -0.3 is 9.84 Å². The molecule has 0 bridgehead atoms. The number of halogens is 4. The van der Waals surface area contributed by atoms with Gasteiger partial charge >= 0.3 is 12.1 Å². The maximum Gasteiger partial charge on any atom is 0.416 e. The van der Waals surface area contributed by atoms with E-state index in [4.69, 9.17) is 27.0 Å². The summed E-state index contributed by atoms with van der Waals surface area (Å²) in [5.74, 6) is -1.61. The summed E-state index contributed by atoms with van der Waals surface area (Å²) < 4.78 is 44.7. The Bertz CT molecular complexity index is 964. The highest BCUT2D eigenvalue weighted by molar-refractivity contribution is 6.30. The molecule has 0 aliphatic heterocycles. The number of carbonyl (C=O) groups is 1. The maximum absolute atomic E-state index is 13.1. The molecule has 0 saturated heterocycles. The van der Waals surface area contributed by atoms with Crippen LogP contribution in [0.25, 0.3) is 16.5 Å². The number of rotatable bonds is 5. The second-order valence-electron chi connectivity index (χ2n) is 5.28. The van der Waals surface area contributed by atoms with Crippen LogP contribution in [0, 0.1) is 6.92 Å². The number of aryl methyl sites for hydroxylation is 1. The number of ether oxygens (including phenoxy) is 1. The molecule has 0 spiro atoms. The summed E-state index contributed by atoms with van der Waals surface area (Å²) in [5, 5.41) is 12.3. The molecule has 0 fully saturated rings. The topological polar surface area (TPSA) is 95.3 Å². The van der Waals surface area contributed by atoms with Crippen LogP contribution in [0.4, 0.5) is 13.2 Å². The minimum Gasteiger partial charge on any atom is -0.478 e. The van der Waals surface area contributed by atoms with E-state index in [1.165, 1.54) is 37.3 Å². The molecule has 0 radical (unpaired) electrons. The third kappa shape index (κ3) is 5.16. The summed E-state index contributed by atoms with van der Waals surface area (Å²) in [6.07, 6.45) is -3.54. The fraction of sp³-hybridized carbons (Fsp3) is 0.118. The zero-order valence-corrected chi connectivity index (χ0v) is 14.4. The Morgan fingerprint density at radius 3 is 2.59 bits per heavy atom. The van der Waals surface area contributed by atoms with Gasteiger partial charge in [0.1, 0.15) is 17.2 Å². The van der Waals surface area contributed by atoms with Crippen molar-refractivity contribution < 1.29 is 27.8 Å². The van der Waals surface area contributed by atoms with Gasteiger partial charge in [-0.3, -0.25) is 0 Å². The standard InChI is InChI=1S/C17H11ClF3N3O3/c1-9-2-5-12(8-13(9)17(19,20)21)27-15-7-11(18)4-3-10(15)6-14(16(25)26)23-24-22/h2-8H,1H3,(H,25,26)/b14-6+. The molecule has 27 heavy (non-hydrogen) atoms. The smallest absolute Gasteiger partial charge is 0.416 e. The van der Waals surface area contributed by atoms with Gasteiger partial charge in [-0.15, -0.1) is 0 Å². The zero-order chi connectivity index (χ0) is 20.2. The summed E-state index contributed by atoms with van der Waals surface area (Å²) in [5.41, 5.74) is 7.13. The molecular formula is C17H11ClF3N3O3. The summed E-state index contributed by atoms with van der Waals surface area (Å²) in [6.45, 7) is 1.32. The van der Waals surface area contributed by atoms with E-state index in [0.717, 1.165) is 12.1 Å². The number of alkyl halides is 3. The molecule has 0 atom stereocenters. The fourth-order valence-corrected chi connectivity index (χ4v) is 2.30. The van der Waals surface area contributed by atoms with Crippen molar-refractivity contribution in [1.29, 1.82) is 0 Å². The van der Waals surface area contributed by atoms with Gasteiger partial charge in [0.05, 0.1) is 5.56 Å². The van der Waals surface area contributed by atoms with E-state index in [9.17, 15) is 18.0 Å². The molecule has 6 nitrogen and oxygen atoms in total. The summed E-state index contributed by atoms with van der Waals surface area (Å²) in [4.78, 5) is 13.5. The highest BCUT2D eigenvalue weighted by Gasteiger charge is 2.32. The molecule has 2 aromatic rings. The minimum atomic E-state index is -4.56. The minimum absolute atomic E-state index is 0.00799. The SMILES string of the molecule is Cc1ccc(Oc2cc(Cl)ccc2/C=C(/N=[N+]=[N-])C(=O)O)cc1C(F)(F)F. The molecule has 0 unspecified atom stereocenters. The predicted molar refractivity (Wildman–Crippen MR) is 92.5 cm³/mol. The van der Waals surface area contributed by atoms with Crippen LogP contribution in [-0.2, 0) is 11.0 Å². The van der Waals surface area contributed by atoms with Crippen LogP contribution in [0.2, 0.25) is 5.02 Å². The molecule has 1 N–H and O–H groups in total.